The molecule has 0 saturated heterocycles. The lowest BCUT2D eigenvalue weighted by Crippen LogP contribution is -2.00. The van der Waals surface area contributed by atoms with E-state index in [0.29, 0.717) is 5.16 Å². The van der Waals surface area contributed by atoms with E-state index in [9.17, 15) is 4.79 Å². The number of carboxylic acids is 1. The molecule has 0 unspecified atom stereocenters. The average molecular weight is 186 g/mol. The molecule has 0 atom stereocenters. The first-order valence-electron chi connectivity index (χ1n) is 2.98. The third kappa shape index (κ3) is 1.65. The van der Waals surface area contributed by atoms with Crippen molar-refractivity contribution in [1.82, 2.24) is 9.97 Å². The summed E-state index contributed by atoms with van der Waals surface area (Å²) in [4.78, 5) is 17.6. The number of nitrogens with zero attached hydrogens (tertiary/aromatic N) is 2. The third-order valence-electron chi connectivity index (χ3n) is 1.16. The van der Waals surface area contributed by atoms with Crippen LogP contribution in [0.1, 0.15) is 10.4 Å². The highest BCUT2D eigenvalue weighted by Crippen LogP contribution is 2.16. The van der Waals surface area contributed by atoms with Gasteiger partial charge in [0.15, 0.2) is 5.16 Å². The first-order valence-corrected chi connectivity index (χ1v) is 4.21. The number of aromatic carboxylic acids is 1. The first-order chi connectivity index (χ1) is 5.65. The second kappa shape index (κ2) is 3.40. The van der Waals surface area contributed by atoms with E-state index in [4.69, 9.17) is 10.2 Å². The SMILES string of the molecule is CSc1ncc(C(=O)O)c(O)n1. The molecule has 0 fully saturated rings. The number of carbonyl (C=O) groups is 1. The van der Waals surface area contributed by atoms with Crippen LogP contribution in [0.4, 0.5) is 0 Å². The minimum atomic E-state index is -1.24. The Bertz CT molecular complexity index is 316. The Hall–Kier alpha value is -1.30. The molecular weight excluding hydrogens is 180 g/mol. The van der Waals surface area contributed by atoms with Crippen molar-refractivity contribution < 1.29 is 15.0 Å². The number of hydrogen-bond donors (Lipinski definition) is 2. The third-order valence-corrected chi connectivity index (χ3v) is 1.72. The van der Waals surface area contributed by atoms with Gasteiger partial charge in [0, 0.05) is 6.20 Å². The molecule has 5 nitrogen and oxygen atoms in total. The molecule has 1 heterocycles. The molecule has 0 bridgehead atoms. The van der Waals surface area contributed by atoms with Crippen molar-refractivity contribution in [2.75, 3.05) is 6.26 Å². The number of aromatic nitrogens is 2. The Morgan fingerprint density at radius 2 is 2.33 bits per heavy atom. The van der Waals surface area contributed by atoms with Crippen molar-refractivity contribution >= 4 is 17.7 Å². The maximum absolute atomic E-state index is 10.4. The van der Waals surface area contributed by atoms with Gasteiger partial charge in [0.1, 0.15) is 5.56 Å². The van der Waals surface area contributed by atoms with Gasteiger partial charge in [0.05, 0.1) is 0 Å². The fraction of sp³-hybridized carbons (Fsp3) is 0.167. The molecule has 0 aromatic carbocycles. The maximum atomic E-state index is 10.4. The van der Waals surface area contributed by atoms with Crippen molar-refractivity contribution in [3.8, 4) is 5.88 Å². The van der Waals surface area contributed by atoms with Gasteiger partial charge in [-0.15, -0.1) is 0 Å². The van der Waals surface area contributed by atoms with Gasteiger partial charge < -0.3 is 10.2 Å². The molecule has 0 amide bonds. The molecule has 1 aromatic rings. The number of aromatic hydroxyl groups is 1. The number of hydrogen-bond acceptors (Lipinski definition) is 5. The van der Waals surface area contributed by atoms with Crippen LogP contribution < -0.4 is 0 Å². The van der Waals surface area contributed by atoms with E-state index in [1.165, 1.54) is 11.8 Å². The predicted octanol–water partition coefficient (Wildman–Crippen LogP) is 0.602. The standard InChI is InChI=1S/C6H6N2O3S/c1-12-6-7-2-3(5(10)11)4(9)8-6/h2H,1H3,(H,10,11)(H,7,8,9). The Morgan fingerprint density at radius 1 is 1.67 bits per heavy atom. The van der Waals surface area contributed by atoms with Gasteiger partial charge >= 0.3 is 5.97 Å². The summed E-state index contributed by atoms with van der Waals surface area (Å²) in [7, 11) is 0. The molecule has 1 rings (SSSR count). The zero-order chi connectivity index (χ0) is 9.14. The van der Waals surface area contributed by atoms with Crippen LogP contribution in [0.3, 0.4) is 0 Å². The summed E-state index contributed by atoms with van der Waals surface area (Å²) in [6.07, 6.45) is 2.81. The van der Waals surface area contributed by atoms with Crippen molar-refractivity contribution in [3.63, 3.8) is 0 Å². The topological polar surface area (TPSA) is 83.3 Å². The Morgan fingerprint density at radius 3 is 2.75 bits per heavy atom. The van der Waals surface area contributed by atoms with Crippen molar-refractivity contribution in [1.29, 1.82) is 0 Å². The van der Waals surface area contributed by atoms with Gasteiger partial charge in [-0.1, -0.05) is 11.8 Å². The minimum Gasteiger partial charge on any atom is -0.493 e. The van der Waals surface area contributed by atoms with Crippen LogP contribution in [0.25, 0.3) is 0 Å². The van der Waals surface area contributed by atoms with Gasteiger partial charge in [-0.2, -0.15) is 4.98 Å². The van der Waals surface area contributed by atoms with E-state index in [2.05, 4.69) is 9.97 Å². The van der Waals surface area contributed by atoms with Crippen molar-refractivity contribution in [3.05, 3.63) is 11.8 Å². The smallest absolute Gasteiger partial charge is 0.342 e. The maximum Gasteiger partial charge on any atom is 0.342 e. The highest BCUT2D eigenvalue weighted by molar-refractivity contribution is 7.98. The van der Waals surface area contributed by atoms with Crippen LogP contribution in [-0.2, 0) is 0 Å². The highest BCUT2D eigenvalue weighted by atomic mass is 32.2. The highest BCUT2D eigenvalue weighted by Gasteiger charge is 2.11. The largest absolute Gasteiger partial charge is 0.493 e. The quantitative estimate of drug-likeness (QED) is 0.520. The lowest BCUT2D eigenvalue weighted by molar-refractivity contribution is 0.0692. The average Bonchev–Trinajstić information content (AvgIpc) is 2.03. The molecule has 0 aliphatic rings. The Kier molecular flexibility index (Phi) is 2.49. The number of carboxylic acid groups (broad SMARTS) is 1. The van der Waals surface area contributed by atoms with Gasteiger partial charge in [-0.25, -0.2) is 9.78 Å². The van der Waals surface area contributed by atoms with Gasteiger partial charge in [-0.05, 0) is 6.26 Å². The van der Waals surface area contributed by atoms with Crippen LogP contribution in [0.2, 0.25) is 0 Å². The van der Waals surface area contributed by atoms with Crippen LogP contribution >= 0.6 is 11.8 Å². The predicted molar refractivity (Wildman–Crippen MR) is 42.4 cm³/mol. The molecule has 64 valence electrons. The van der Waals surface area contributed by atoms with Crippen LogP contribution in [-0.4, -0.2) is 32.4 Å². The van der Waals surface area contributed by atoms with Crippen LogP contribution in [0.5, 0.6) is 5.88 Å². The Labute approximate surface area is 72.5 Å². The number of thioether (sulfide) groups is 1. The summed E-state index contributed by atoms with van der Waals surface area (Å²) >= 11 is 1.23. The Balaban J connectivity index is 3.12. The van der Waals surface area contributed by atoms with Crippen molar-refractivity contribution in [2.45, 2.75) is 5.16 Å². The van der Waals surface area contributed by atoms with Gasteiger partial charge in [0.25, 0.3) is 0 Å². The van der Waals surface area contributed by atoms with E-state index in [-0.39, 0.29) is 5.56 Å². The molecule has 12 heavy (non-hydrogen) atoms. The van der Waals surface area contributed by atoms with E-state index in [0.717, 1.165) is 6.20 Å². The van der Waals surface area contributed by atoms with Crippen LogP contribution in [0.15, 0.2) is 11.4 Å². The molecule has 6 heteroatoms. The lowest BCUT2D eigenvalue weighted by Gasteiger charge is -1.98. The number of rotatable bonds is 2. The zero-order valence-corrected chi connectivity index (χ0v) is 7.00. The normalized spacial score (nSPS) is 9.75. The summed E-state index contributed by atoms with van der Waals surface area (Å²) in [5.41, 5.74) is -0.284. The zero-order valence-electron chi connectivity index (χ0n) is 6.18. The molecule has 0 radical (unpaired) electrons. The van der Waals surface area contributed by atoms with Crippen LogP contribution in [0, 0.1) is 0 Å². The molecule has 1 aromatic heterocycles. The molecule has 0 aliphatic carbocycles. The minimum absolute atomic E-state index is 0.284. The monoisotopic (exact) mass is 186 g/mol. The molecule has 0 spiro atoms. The first kappa shape index (κ1) is 8.79. The molecule has 0 aliphatic heterocycles. The summed E-state index contributed by atoms with van der Waals surface area (Å²) < 4.78 is 0. The van der Waals surface area contributed by atoms with E-state index >= 15 is 0 Å². The summed E-state index contributed by atoms with van der Waals surface area (Å²) in [6.45, 7) is 0. The molecular formula is C6H6N2O3S. The van der Waals surface area contributed by atoms with Gasteiger partial charge in [0.2, 0.25) is 5.88 Å². The fourth-order valence-electron chi connectivity index (χ4n) is 0.606. The second-order valence-corrected chi connectivity index (χ2v) is 2.67. The molecule has 0 saturated carbocycles. The van der Waals surface area contributed by atoms with E-state index in [1.807, 2.05) is 0 Å². The molecule has 2 N–H and O–H groups in total. The lowest BCUT2D eigenvalue weighted by atomic mass is 10.3. The van der Waals surface area contributed by atoms with E-state index in [1.54, 1.807) is 6.26 Å². The van der Waals surface area contributed by atoms with E-state index < -0.39 is 11.8 Å². The fourth-order valence-corrected chi connectivity index (χ4v) is 0.942. The van der Waals surface area contributed by atoms with Crippen molar-refractivity contribution in [2.24, 2.45) is 0 Å². The second-order valence-electron chi connectivity index (χ2n) is 1.90. The summed E-state index contributed by atoms with van der Waals surface area (Å²) in [5.74, 6) is -1.73. The summed E-state index contributed by atoms with van der Waals surface area (Å²) in [6, 6.07) is 0. The summed E-state index contributed by atoms with van der Waals surface area (Å²) in [5, 5.41) is 17.9. The van der Waals surface area contributed by atoms with Gasteiger partial charge in [-0.3, -0.25) is 0 Å².